The van der Waals surface area contributed by atoms with Gasteiger partial charge in [0.15, 0.2) is 5.13 Å². The van der Waals surface area contributed by atoms with Crippen molar-refractivity contribution in [3.63, 3.8) is 0 Å². The minimum absolute atomic E-state index is 0.0861. The first-order chi connectivity index (χ1) is 13.7. The highest BCUT2D eigenvalue weighted by atomic mass is 32.1. The van der Waals surface area contributed by atoms with Crippen molar-refractivity contribution in [1.29, 1.82) is 0 Å². The summed E-state index contributed by atoms with van der Waals surface area (Å²) in [4.78, 5) is 17.9. The van der Waals surface area contributed by atoms with Crippen molar-refractivity contribution in [1.82, 2.24) is 9.55 Å². The van der Waals surface area contributed by atoms with Crippen LogP contribution in [0, 0.1) is 0 Å². The van der Waals surface area contributed by atoms with E-state index in [0.29, 0.717) is 29.2 Å². The van der Waals surface area contributed by atoms with Gasteiger partial charge in [-0.25, -0.2) is 4.98 Å². The molecule has 28 heavy (non-hydrogen) atoms. The fourth-order valence-corrected chi connectivity index (χ4v) is 4.11. The van der Waals surface area contributed by atoms with Crippen molar-refractivity contribution >= 4 is 11.3 Å². The highest BCUT2D eigenvalue weighted by molar-refractivity contribution is 7.12. The Kier molecular flexibility index (Phi) is 5.08. The summed E-state index contributed by atoms with van der Waals surface area (Å²) in [7, 11) is 0. The van der Waals surface area contributed by atoms with Gasteiger partial charge in [-0.15, -0.1) is 11.3 Å². The zero-order valence-corrected chi connectivity index (χ0v) is 16.3. The van der Waals surface area contributed by atoms with Gasteiger partial charge in [-0.05, 0) is 17.5 Å². The van der Waals surface area contributed by atoms with E-state index in [1.165, 1.54) is 11.3 Å². The van der Waals surface area contributed by atoms with Crippen LogP contribution in [0.3, 0.4) is 0 Å². The van der Waals surface area contributed by atoms with Gasteiger partial charge in [0.1, 0.15) is 5.75 Å². The Hall–Kier alpha value is -3.18. The summed E-state index contributed by atoms with van der Waals surface area (Å²) in [6, 6.07) is 19.4. The first-order valence-electron chi connectivity index (χ1n) is 9.19. The average molecular weight is 388 g/mol. The van der Waals surface area contributed by atoms with Gasteiger partial charge in [-0.1, -0.05) is 67.6 Å². The number of pyridine rings is 1. The quantitative estimate of drug-likeness (QED) is 0.533. The van der Waals surface area contributed by atoms with Crippen LogP contribution in [0.25, 0.3) is 16.4 Å². The van der Waals surface area contributed by atoms with Crippen LogP contribution >= 0.6 is 11.3 Å². The molecule has 0 aliphatic heterocycles. The van der Waals surface area contributed by atoms with E-state index in [0.717, 1.165) is 16.7 Å². The second kappa shape index (κ2) is 7.82. The number of nitrogens with zero attached hydrogens (tertiary/aromatic N) is 2. The monoisotopic (exact) mass is 388 g/mol. The molecule has 4 rings (SSSR count). The SMILES string of the molecule is CCc1c(O)c(Cc2ccccc2)c(=O)n(-c2nccs2)c1-c1ccccc1. The van der Waals surface area contributed by atoms with E-state index in [-0.39, 0.29) is 11.3 Å². The molecule has 0 radical (unpaired) electrons. The van der Waals surface area contributed by atoms with E-state index in [2.05, 4.69) is 4.98 Å². The number of aromatic nitrogens is 2. The van der Waals surface area contributed by atoms with Gasteiger partial charge >= 0.3 is 0 Å². The van der Waals surface area contributed by atoms with Crippen LogP contribution in [0.5, 0.6) is 5.75 Å². The Morgan fingerprint density at radius 1 is 1.00 bits per heavy atom. The fraction of sp³-hybridized carbons (Fsp3) is 0.130. The lowest BCUT2D eigenvalue weighted by molar-refractivity contribution is 0.460. The van der Waals surface area contributed by atoms with Gasteiger partial charge < -0.3 is 5.11 Å². The van der Waals surface area contributed by atoms with Crippen molar-refractivity contribution in [2.45, 2.75) is 19.8 Å². The van der Waals surface area contributed by atoms with Crippen LogP contribution in [0.15, 0.2) is 77.0 Å². The molecule has 0 atom stereocenters. The summed E-state index contributed by atoms with van der Waals surface area (Å²) >= 11 is 1.41. The molecule has 0 amide bonds. The molecule has 0 aliphatic rings. The number of rotatable bonds is 5. The van der Waals surface area contributed by atoms with Crippen molar-refractivity contribution < 1.29 is 5.11 Å². The maximum atomic E-state index is 13.5. The number of aromatic hydroxyl groups is 1. The van der Waals surface area contributed by atoms with Crippen LogP contribution in [-0.2, 0) is 12.8 Å². The smallest absolute Gasteiger partial charge is 0.264 e. The summed E-state index contributed by atoms with van der Waals surface area (Å²) in [5.74, 6) is 0.0861. The summed E-state index contributed by atoms with van der Waals surface area (Å²) in [6.45, 7) is 1.99. The predicted molar refractivity (Wildman–Crippen MR) is 113 cm³/mol. The van der Waals surface area contributed by atoms with E-state index in [1.807, 2.05) is 73.0 Å². The number of hydrogen-bond donors (Lipinski definition) is 1. The van der Waals surface area contributed by atoms with E-state index >= 15 is 0 Å². The van der Waals surface area contributed by atoms with Gasteiger partial charge in [0.25, 0.3) is 5.56 Å². The third kappa shape index (κ3) is 3.25. The van der Waals surface area contributed by atoms with Crippen molar-refractivity contribution in [3.05, 3.63) is 99.3 Å². The third-order valence-corrected chi connectivity index (χ3v) is 5.53. The zero-order valence-electron chi connectivity index (χ0n) is 15.5. The van der Waals surface area contributed by atoms with Crippen molar-refractivity contribution in [3.8, 4) is 22.1 Å². The van der Waals surface area contributed by atoms with Crippen LogP contribution in [-0.4, -0.2) is 14.7 Å². The Morgan fingerprint density at radius 3 is 2.29 bits per heavy atom. The molecule has 2 aromatic heterocycles. The topological polar surface area (TPSA) is 55.1 Å². The maximum absolute atomic E-state index is 13.5. The summed E-state index contributed by atoms with van der Waals surface area (Å²) < 4.78 is 1.65. The molecule has 0 fully saturated rings. The Morgan fingerprint density at radius 2 is 1.68 bits per heavy atom. The van der Waals surface area contributed by atoms with E-state index in [1.54, 1.807) is 10.8 Å². The molecular formula is C23H20N2O2S. The lowest BCUT2D eigenvalue weighted by atomic mass is 9.97. The molecule has 4 aromatic rings. The predicted octanol–water partition coefficient (Wildman–Crippen LogP) is 4.82. The molecule has 0 bridgehead atoms. The fourth-order valence-electron chi connectivity index (χ4n) is 3.47. The largest absolute Gasteiger partial charge is 0.507 e. The minimum Gasteiger partial charge on any atom is -0.507 e. The molecule has 0 spiro atoms. The van der Waals surface area contributed by atoms with Crippen LogP contribution in [0.4, 0.5) is 0 Å². The Labute approximate surface area is 167 Å². The molecule has 0 unspecified atom stereocenters. The molecule has 140 valence electrons. The standard InChI is InChI=1S/C23H20N2O2S/c1-2-18-20(17-11-7-4-8-12-17)25(23-24-13-14-28-23)22(27)19(21(18)26)15-16-9-5-3-6-10-16/h3-14,26H,2,15H2,1H3. The molecule has 0 aliphatic carbocycles. The normalized spacial score (nSPS) is 10.9. The highest BCUT2D eigenvalue weighted by Crippen LogP contribution is 2.34. The molecule has 2 heterocycles. The highest BCUT2D eigenvalue weighted by Gasteiger charge is 2.23. The molecule has 0 saturated heterocycles. The second-order valence-electron chi connectivity index (χ2n) is 6.49. The first kappa shape index (κ1) is 18.2. The lowest BCUT2D eigenvalue weighted by Crippen LogP contribution is -2.26. The summed E-state index contributed by atoms with van der Waals surface area (Å²) in [5, 5.41) is 13.5. The summed E-state index contributed by atoms with van der Waals surface area (Å²) in [6.07, 6.45) is 2.67. The molecule has 0 saturated carbocycles. The Bertz CT molecular complexity index is 1130. The molecule has 2 aromatic carbocycles. The number of benzene rings is 2. The van der Waals surface area contributed by atoms with E-state index < -0.39 is 0 Å². The van der Waals surface area contributed by atoms with E-state index in [9.17, 15) is 9.90 Å². The van der Waals surface area contributed by atoms with Crippen molar-refractivity contribution in [2.75, 3.05) is 0 Å². The van der Waals surface area contributed by atoms with Crippen LogP contribution in [0.2, 0.25) is 0 Å². The Balaban J connectivity index is 2.04. The first-order valence-corrected chi connectivity index (χ1v) is 10.1. The van der Waals surface area contributed by atoms with Crippen LogP contribution in [0.1, 0.15) is 23.6 Å². The maximum Gasteiger partial charge on any atom is 0.264 e. The average Bonchev–Trinajstić information content (AvgIpc) is 3.26. The van der Waals surface area contributed by atoms with Gasteiger partial charge in [0.2, 0.25) is 0 Å². The van der Waals surface area contributed by atoms with Gasteiger partial charge in [0.05, 0.1) is 11.3 Å². The molecule has 4 nitrogen and oxygen atoms in total. The number of thiazole rings is 1. The number of hydrogen-bond acceptors (Lipinski definition) is 4. The van der Waals surface area contributed by atoms with Gasteiger partial charge in [-0.2, -0.15) is 0 Å². The second-order valence-corrected chi connectivity index (χ2v) is 7.36. The van der Waals surface area contributed by atoms with Gasteiger partial charge in [0, 0.05) is 23.6 Å². The lowest BCUT2D eigenvalue weighted by Gasteiger charge is -2.19. The third-order valence-electron chi connectivity index (χ3n) is 4.78. The van der Waals surface area contributed by atoms with Crippen LogP contribution < -0.4 is 5.56 Å². The zero-order chi connectivity index (χ0) is 19.5. The molecule has 5 heteroatoms. The van der Waals surface area contributed by atoms with Gasteiger partial charge in [-0.3, -0.25) is 9.36 Å². The molecule has 1 N–H and O–H groups in total. The summed E-state index contributed by atoms with van der Waals surface area (Å²) in [5.41, 5.74) is 3.50. The molecular weight excluding hydrogens is 368 g/mol. The van der Waals surface area contributed by atoms with E-state index in [4.69, 9.17) is 0 Å². The minimum atomic E-state index is -0.229. The van der Waals surface area contributed by atoms with Crippen molar-refractivity contribution in [2.24, 2.45) is 0 Å².